The van der Waals surface area contributed by atoms with E-state index in [1.165, 1.54) is 25.0 Å². The minimum atomic E-state index is -0.532. The summed E-state index contributed by atoms with van der Waals surface area (Å²) in [4.78, 5) is 0. The highest BCUT2D eigenvalue weighted by molar-refractivity contribution is 6.36. The molecule has 1 N–H and O–H groups in total. The number of rotatable bonds is 4. The normalized spacial score (nSPS) is 14.9. The van der Waals surface area contributed by atoms with E-state index in [2.05, 4.69) is 10.5 Å². The van der Waals surface area contributed by atoms with Crippen LogP contribution in [0.25, 0.3) is 11.3 Å². The van der Waals surface area contributed by atoms with E-state index >= 15 is 0 Å². The van der Waals surface area contributed by atoms with Gasteiger partial charge in [0.05, 0.1) is 15.7 Å². The summed E-state index contributed by atoms with van der Waals surface area (Å²) in [5, 5.41) is 7.58. The quantitative estimate of drug-likeness (QED) is 0.866. The molecule has 6 heteroatoms. The summed E-state index contributed by atoms with van der Waals surface area (Å²) in [7, 11) is 0. The fourth-order valence-corrected chi connectivity index (χ4v) is 2.25. The second-order valence-electron chi connectivity index (χ2n) is 4.58. The van der Waals surface area contributed by atoms with Gasteiger partial charge in [-0.3, -0.25) is 0 Å². The van der Waals surface area contributed by atoms with Crippen molar-refractivity contribution in [3.8, 4) is 11.3 Å². The highest BCUT2D eigenvalue weighted by atomic mass is 35.5. The molecule has 0 amide bonds. The van der Waals surface area contributed by atoms with Crippen molar-refractivity contribution in [2.24, 2.45) is 0 Å². The lowest BCUT2D eigenvalue weighted by Gasteiger charge is -2.01. The summed E-state index contributed by atoms with van der Waals surface area (Å²) in [5.74, 6) is -0.0942. The van der Waals surface area contributed by atoms with Gasteiger partial charge in [0.15, 0.2) is 5.76 Å². The van der Waals surface area contributed by atoms with Crippen molar-refractivity contribution in [1.29, 1.82) is 0 Å². The molecule has 1 aliphatic rings. The van der Waals surface area contributed by atoms with E-state index in [9.17, 15) is 4.39 Å². The first kappa shape index (κ1) is 12.9. The van der Waals surface area contributed by atoms with Gasteiger partial charge in [-0.25, -0.2) is 4.39 Å². The molecule has 1 aliphatic carbocycles. The highest BCUT2D eigenvalue weighted by Crippen LogP contribution is 2.32. The largest absolute Gasteiger partial charge is 0.356 e. The molecule has 0 radical (unpaired) electrons. The predicted molar refractivity (Wildman–Crippen MR) is 71.8 cm³/mol. The first-order valence-electron chi connectivity index (χ1n) is 5.97. The van der Waals surface area contributed by atoms with Crippen LogP contribution in [0.5, 0.6) is 0 Å². The Morgan fingerprint density at radius 2 is 2.05 bits per heavy atom. The smallest absolute Gasteiger partial charge is 0.168 e. The van der Waals surface area contributed by atoms with E-state index in [0.717, 1.165) is 5.69 Å². The molecular weight excluding hydrogens is 290 g/mol. The van der Waals surface area contributed by atoms with Crippen LogP contribution in [0.2, 0.25) is 10.0 Å². The average Bonchev–Trinajstić information content (AvgIpc) is 3.09. The first-order chi connectivity index (χ1) is 9.13. The maximum absolute atomic E-state index is 13.4. The lowest BCUT2D eigenvalue weighted by molar-refractivity contribution is 0.419. The fourth-order valence-electron chi connectivity index (χ4n) is 1.77. The molecule has 3 rings (SSSR count). The Bertz CT molecular complexity index is 611. The zero-order chi connectivity index (χ0) is 13.4. The van der Waals surface area contributed by atoms with Crippen molar-refractivity contribution in [3.05, 3.63) is 39.8 Å². The molecule has 2 aromatic rings. The molecule has 3 nitrogen and oxygen atoms in total. The molecule has 1 saturated carbocycles. The molecule has 0 saturated heterocycles. The third-order valence-corrected chi connectivity index (χ3v) is 3.59. The van der Waals surface area contributed by atoms with Crippen LogP contribution in [0, 0.1) is 5.82 Å². The maximum atomic E-state index is 13.4. The first-order valence-corrected chi connectivity index (χ1v) is 6.73. The molecule has 0 atom stereocenters. The highest BCUT2D eigenvalue weighted by Gasteiger charge is 2.21. The van der Waals surface area contributed by atoms with Crippen LogP contribution >= 0.6 is 23.2 Å². The third-order valence-electron chi connectivity index (χ3n) is 2.98. The van der Waals surface area contributed by atoms with Crippen LogP contribution in [0.15, 0.2) is 22.7 Å². The van der Waals surface area contributed by atoms with E-state index in [-0.39, 0.29) is 5.02 Å². The van der Waals surface area contributed by atoms with Crippen molar-refractivity contribution in [3.63, 3.8) is 0 Å². The molecule has 19 heavy (non-hydrogen) atoms. The number of hydrogen-bond donors (Lipinski definition) is 1. The van der Waals surface area contributed by atoms with Gasteiger partial charge in [-0.15, -0.1) is 0 Å². The molecule has 0 bridgehead atoms. The molecule has 0 unspecified atom stereocenters. The maximum Gasteiger partial charge on any atom is 0.168 e. The molecule has 1 heterocycles. The Hall–Kier alpha value is -1.10. The zero-order valence-electron chi connectivity index (χ0n) is 9.92. The van der Waals surface area contributed by atoms with Gasteiger partial charge in [0, 0.05) is 24.2 Å². The minimum Gasteiger partial charge on any atom is -0.356 e. The van der Waals surface area contributed by atoms with E-state index < -0.39 is 5.82 Å². The van der Waals surface area contributed by atoms with E-state index in [1.807, 2.05) is 0 Å². The fraction of sp³-hybridized carbons (Fsp3) is 0.308. The number of aromatic nitrogens is 1. The van der Waals surface area contributed by atoms with Gasteiger partial charge in [-0.2, -0.15) is 0 Å². The van der Waals surface area contributed by atoms with Crippen LogP contribution in [0.1, 0.15) is 18.5 Å². The topological polar surface area (TPSA) is 38.1 Å². The van der Waals surface area contributed by atoms with E-state index in [1.54, 1.807) is 6.07 Å². The standard InChI is InChI=1S/C13H11Cl2FN2O/c14-10-5-11(15)12(16)4-9(10)13-3-8(18-19-13)6-17-7-1-2-7/h3-5,7,17H,1-2,6H2. The zero-order valence-corrected chi connectivity index (χ0v) is 11.4. The Morgan fingerprint density at radius 3 is 2.79 bits per heavy atom. The van der Waals surface area contributed by atoms with Crippen molar-refractivity contribution >= 4 is 23.2 Å². The number of benzene rings is 1. The molecule has 0 spiro atoms. The number of halogens is 3. The summed E-state index contributed by atoms with van der Waals surface area (Å²) in [6, 6.07) is 4.96. The summed E-state index contributed by atoms with van der Waals surface area (Å²) in [5.41, 5.74) is 1.22. The second kappa shape index (κ2) is 5.12. The van der Waals surface area contributed by atoms with Crippen LogP contribution in [0.3, 0.4) is 0 Å². The average molecular weight is 301 g/mol. The minimum absolute atomic E-state index is 0.0103. The Kier molecular flexibility index (Phi) is 3.48. The molecule has 1 aromatic heterocycles. The van der Waals surface area contributed by atoms with Crippen LogP contribution in [-0.2, 0) is 6.54 Å². The summed E-state index contributed by atoms with van der Waals surface area (Å²) in [6.45, 7) is 0.641. The van der Waals surface area contributed by atoms with Gasteiger partial charge in [0.2, 0.25) is 0 Å². The summed E-state index contributed by atoms with van der Waals surface area (Å²) in [6.07, 6.45) is 2.41. The second-order valence-corrected chi connectivity index (χ2v) is 5.40. The Morgan fingerprint density at radius 1 is 1.26 bits per heavy atom. The van der Waals surface area contributed by atoms with Crippen molar-refractivity contribution in [2.45, 2.75) is 25.4 Å². The molecule has 100 valence electrons. The molecule has 1 aromatic carbocycles. The lowest BCUT2D eigenvalue weighted by Crippen LogP contribution is -2.15. The van der Waals surface area contributed by atoms with Gasteiger partial charge >= 0.3 is 0 Å². The molecular formula is C13H11Cl2FN2O. The number of hydrogen-bond acceptors (Lipinski definition) is 3. The Labute approximate surface area is 119 Å². The van der Waals surface area contributed by atoms with Gasteiger partial charge in [-0.05, 0) is 25.0 Å². The van der Waals surface area contributed by atoms with Gasteiger partial charge in [0.1, 0.15) is 5.82 Å². The predicted octanol–water partition coefficient (Wildman–Crippen LogP) is 4.04. The van der Waals surface area contributed by atoms with Crippen LogP contribution in [-0.4, -0.2) is 11.2 Å². The van der Waals surface area contributed by atoms with E-state index in [0.29, 0.717) is 28.9 Å². The van der Waals surface area contributed by atoms with Gasteiger partial charge in [0.25, 0.3) is 0 Å². The molecule has 0 aliphatic heterocycles. The Balaban J connectivity index is 1.83. The lowest BCUT2D eigenvalue weighted by atomic mass is 10.1. The van der Waals surface area contributed by atoms with Gasteiger partial charge in [-0.1, -0.05) is 28.4 Å². The van der Waals surface area contributed by atoms with E-state index in [4.69, 9.17) is 27.7 Å². The van der Waals surface area contributed by atoms with Crippen molar-refractivity contribution in [2.75, 3.05) is 0 Å². The SMILES string of the molecule is Fc1cc(-c2cc(CNC3CC3)no2)c(Cl)cc1Cl. The van der Waals surface area contributed by atoms with Crippen molar-refractivity contribution < 1.29 is 8.91 Å². The summed E-state index contributed by atoms with van der Waals surface area (Å²) >= 11 is 11.7. The summed E-state index contributed by atoms with van der Waals surface area (Å²) < 4.78 is 18.6. The van der Waals surface area contributed by atoms with Gasteiger partial charge < -0.3 is 9.84 Å². The van der Waals surface area contributed by atoms with Crippen molar-refractivity contribution in [1.82, 2.24) is 10.5 Å². The van der Waals surface area contributed by atoms with Crippen LogP contribution < -0.4 is 5.32 Å². The number of nitrogens with zero attached hydrogens (tertiary/aromatic N) is 1. The third kappa shape index (κ3) is 2.91. The number of nitrogens with one attached hydrogen (secondary N) is 1. The van der Waals surface area contributed by atoms with Crippen LogP contribution in [0.4, 0.5) is 4.39 Å². The molecule has 1 fully saturated rings. The monoisotopic (exact) mass is 300 g/mol.